The highest BCUT2D eigenvalue weighted by molar-refractivity contribution is 5.53. The van der Waals surface area contributed by atoms with Gasteiger partial charge in [-0.3, -0.25) is 0 Å². The highest BCUT2D eigenvalue weighted by atomic mass is 16.5. The number of hydrogen-bond donors (Lipinski definition) is 2. The monoisotopic (exact) mass is 142 g/mol. The molecule has 0 unspecified atom stereocenters. The van der Waals surface area contributed by atoms with Gasteiger partial charge in [-0.05, 0) is 0 Å². The number of nitrogens with two attached hydrogens (primary N) is 1. The van der Waals surface area contributed by atoms with E-state index in [4.69, 9.17) is 10.8 Å². The predicted octanol–water partition coefficient (Wildman–Crippen LogP) is 0.213. The van der Waals surface area contributed by atoms with E-state index in [0.717, 1.165) is 7.11 Å². The molecule has 0 atom stereocenters. The van der Waals surface area contributed by atoms with Gasteiger partial charge in [0.25, 0.3) is 0 Å². The van der Waals surface area contributed by atoms with Gasteiger partial charge in [-0.2, -0.15) is 0 Å². The Morgan fingerprint density at radius 2 is 2.40 bits per heavy atom. The number of hydrogen-bond acceptors (Lipinski definition) is 4. The summed E-state index contributed by atoms with van der Waals surface area (Å²) >= 11 is 0. The van der Waals surface area contributed by atoms with Crippen molar-refractivity contribution in [2.75, 3.05) is 7.11 Å². The van der Waals surface area contributed by atoms with E-state index in [1.807, 2.05) is 0 Å². The molecule has 0 saturated carbocycles. The Hall–Kier alpha value is -1.29. The van der Waals surface area contributed by atoms with E-state index in [1.54, 1.807) is 6.07 Å². The van der Waals surface area contributed by atoms with Gasteiger partial charge in [-0.1, -0.05) is 11.7 Å². The van der Waals surface area contributed by atoms with Gasteiger partial charge in [0.05, 0.1) is 11.9 Å². The number of aromatic nitrogens is 1. The Balaban J connectivity index is 0.000000371. The third kappa shape index (κ3) is 2.32. The van der Waals surface area contributed by atoms with Crippen LogP contribution >= 0.6 is 0 Å². The van der Waals surface area contributed by atoms with Gasteiger partial charge < -0.3 is 15.4 Å². The average molecular weight is 142 g/mol. The lowest BCUT2D eigenvalue weighted by molar-refractivity contribution is 0.399. The highest BCUT2D eigenvalue weighted by Crippen LogP contribution is 2.02. The van der Waals surface area contributed by atoms with Gasteiger partial charge in [-0.15, -0.1) is 0 Å². The first kappa shape index (κ1) is 8.71. The molecule has 0 aliphatic carbocycles. The van der Waals surface area contributed by atoms with Crippen LogP contribution in [0.3, 0.4) is 0 Å². The van der Waals surface area contributed by atoms with Crippen LogP contribution in [0, 0.1) is 0 Å². The fourth-order valence-electron chi connectivity index (χ4n) is 0.381. The predicted molar refractivity (Wildman–Crippen MR) is 37.9 cm³/mol. The van der Waals surface area contributed by atoms with Crippen molar-refractivity contribution in [3.8, 4) is 0 Å². The minimum atomic E-state index is 0.405. The number of nitrogens with zero attached hydrogens (tertiary/aromatic N) is 1. The minimum Gasteiger partial charge on any atom is -0.400 e. The first-order valence-electron chi connectivity index (χ1n) is 2.61. The summed E-state index contributed by atoms with van der Waals surface area (Å²) in [6.45, 7) is 3.44. The molecule has 0 aromatic carbocycles. The molecule has 0 aliphatic heterocycles. The van der Waals surface area contributed by atoms with Gasteiger partial charge in [0, 0.05) is 13.2 Å². The first-order valence-corrected chi connectivity index (χ1v) is 2.61. The van der Waals surface area contributed by atoms with Crippen molar-refractivity contribution in [1.29, 1.82) is 0 Å². The van der Waals surface area contributed by atoms with E-state index >= 15 is 0 Å². The summed E-state index contributed by atoms with van der Waals surface area (Å²) in [5, 5.41) is 10.4. The van der Waals surface area contributed by atoms with Crippen molar-refractivity contribution in [3.63, 3.8) is 0 Å². The molecule has 1 aromatic rings. The Labute approximate surface area is 58.9 Å². The van der Waals surface area contributed by atoms with Crippen LogP contribution in [-0.2, 0) is 0 Å². The standard InChI is InChI=1S/C5H6N2O.CH4O/c1-4(6)5-2-3-7-8-5;1-2/h2-3H,1,6H2;2H,1H3. The van der Waals surface area contributed by atoms with Crippen LogP contribution in [0.25, 0.3) is 5.70 Å². The molecule has 1 rings (SSSR count). The van der Waals surface area contributed by atoms with Crippen LogP contribution in [0.1, 0.15) is 5.76 Å². The Kier molecular flexibility index (Phi) is 3.99. The van der Waals surface area contributed by atoms with E-state index in [-0.39, 0.29) is 0 Å². The summed E-state index contributed by atoms with van der Waals surface area (Å²) in [7, 11) is 1.00. The molecule has 0 spiro atoms. The van der Waals surface area contributed by atoms with E-state index in [1.165, 1.54) is 6.20 Å². The van der Waals surface area contributed by atoms with Crippen molar-refractivity contribution in [3.05, 3.63) is 24.6 Å². The zero-order valence-electron chi connectivity index (χ0n) is 5.74. The van der Waals surface area contributed by atoms with Crippen molar-refractivity contribution < 1.29 is 9.63 Å². The van der Waals surface area contributed by atoms with Crippen molar-refractivity contribution >= 4 is 5.70 Å². The summed E-state index contributed by atoms with van der Waals surface area (Å²) < 4.78 is 4.62. The van der Waals surface area contributed by atoms with E-state index in [9.17, 15) is 0 Å². The minimum absolute atomic E-state index is 0.405. The largest absolute Gasteiger partial charge is 0.400 e. The molecule has 3 N–H and O–H groups in total. The quantitative estimate of drug-likeness (QED) is 0.588. The maximum absolute atomic E-state index is 7.00. The molecule has 0 amide bonds. The van der Waals surface area contributed by atoms with Gasteiger partial charge >= 0.3 is 0 Å². The van der Waals surface area contributed by atoms with Crippen molar-refractivity contribution in [2.24, 2.45) is 5.73 Å². The molecule has 1 heterocycles. The number of aliphatic hydroxyl groups is 1. The summed E-state index contributed by atoms with van der Waals surface area (Å²) in [5.74, 6) is 0.532. The molecule has 0 fully saturated rings. The third-order valence-corrected chi connectivity index (χ3v) is 0.754. The normalized spacial score (nSPS) is 7.80. The topological polar surface area (TPSA) is 72.3 Å². The molecular formula is C6H10N2O2. The van der Waals surface area contributed by atoms with Gasteiger partial charge in [0.1, 0.15) is 0 Å². The highest BCUT2D eigenvalue weighted by Gasteiger charge is 1.93. The summed E-state index contributed by atoms with van der Waals surface area (Å²) in [6, 6.07) is 1.66. The van der Waals surface area contributed by atoms with Crippen LogP contribution < -0.4 is 5.73 Å². The van der Waals surface area contributed by atoms with Crippen LogP contribution in [0.4, 0.5) is 0 Å². The van der Waals surface area contributed by atoms with Crippen LogP contribution in [0.2, 0.25) is 0 Å². The van der Waals surface area contributed by atoms with Gasteiger partial charge in [0.15, 0.2) is 5.76 Å². The second-order valence-corrected chi connectivity index (χ2v) is 1.40. The third-order valence-electron chi connectivity index (χ3n) is 0.754. The molecule has 0 saturated heterocycles. The molecule has 0 aliphatic rings. The molecule has 4 nitrogen and oxygen atoms in total. The van der Waals surface area contributed by atoms with Gasteiger partial charge in [-0.25, -0.2) is 0 Å². The second-order valence-electron chi connectivity index (χ2n) is 1.40. The van der Waals surface area contributed by atoms with Crippen molar-refractivity contribution in [1.82, 2.24) is 5.16 Å². The summed E-state index contributed by atoms with van der Waals surface area (Å²) in [4.78, 5) is 0. The fourth-order valence-corrected chi connectivity index (χ4v) is 0.381. The van der Waals surface area contributed by atoms with E-state index in [2.05, 4.69) is 16.3 Å². The number of rotatable bonds is 1. The maximum atomic E-state index is 7.00. The summed E-state index contributed by atoms with van der Waals surface area (Å²) in [6.07, 6.45) is 1.52. The lowest BCUT2D eigenvalue weighted by Gasteiger charge is -1.84. The molecule has 0 radical (unpaired) electrons. The Bertz CT molecular complexity index is 182. The Morgan fingerprint density at radius 1 is 1.80 bits per heavy atom. The van der Waals surface area contributed by atoms with E-state index < -0.39 is 0 Å². The van der Waals surface area contributed by atoms with E-state index in [0.29, 0.717) is 11.5 Å². The van der Waals surface area contributed by atoms with Crippen LogP contribution in [0.15, 0.2) is 23.4 Å². The second kappa shape index (κ2) is 4.58. The molecule has 56 valence electrons. The molecule has 0 bridgehead atoms. The Morgan fingerprint density at radius 3 is 2.60 bits per heavy atom. The summed E-state index contributed by atoms with van der Waals surface area (Å²) in [5.41, 5.74) is 5.64. The smallest absolute Gasteiger partial charge is 0.181 e. The first-order chi connectivity index (χ1) is 4.80. The molecule has 1 aromatic heterocycles. The zero-order chi connectivity index (χ0) is 7.98. The SMILES string of the molecule is C=C(N)c1ccno1.CO. The van der Waals surface area contributed by atoms with Crippen molar-refractivity contribution in [2.45, 2.75) is 0 Å². The lowest BCUT2D eigenvalue weighted by Crippen LogP contribution is -1.90. The number of aliphatic hydroxyl groups excluding tert-OH is 1. The van der Waals surface area contributed by atoms with Crippen LogP contribution in [-0.4, -0.2) is 17.4 Å². The van der Waals surface area contributed by atoms with Gasteiger partial charge in [0.2, 0.25) is 0 Å². The fraction of sp³-hybridized carbons (Fsp3) is 0.167. The molecule has 10 heavy (non-hydrogen) atoms. The average Bonchev–Trinajstić information content (AvgIpc) is 2.42. The lowest BCUT2D eigenvalue weighted by atomic mass is 10.4. The molecular weight excluding hydrogens is 132 g/mol. The zero-order valence-corrected chi connectivity index (χ0v) is 5.74. The molecule has 4 heteroatoms. The maximum Gasteiger partial charge on any atom is 0.181 e. The van der Waals surface area contributed by atoms with Crippen LogP contribution in [0.5, 0.6) is 0 Å².